The van der Waals surface area contributed by atoms with Gasteiger partial charge in [0.25, 0.3) is 0 Å². The Hall–Kier alpha value is -1.58. The van der Waals surface area contributed by atoms with Gasteiger partial charge in [-0.15, -0.1) is 0 Å². The quantitative estimate of drug-likeness (QED) is 0.785. The third-order valence-corrected chi connectivity index (χ3v) is 2.44. The van der Waals surface area contributed by atoms with Crippen molar-refractivity contribution in [1.82, 2.24) is 4.98 Å². The van der Waals surface area contributed by atoms with Crippen LogP contribution in [0.2, 0.25) is 0 Å². The van der Waals surface area contributed by atoms with Crippen LogP contribution in [0.1, 0.15) is 18.0 Å². The van der Waals surface area contributed by atoms with Gasteiger partial charge in [0, 0.05) is 17.7 Å². The molecular weight excluding hydrogens is 182 g/mol. The first-order valence-electron chi connectivity index (χ1n) is 4.46. The molecule has 1 saturated carbocycles. The molecule has 0 saturated heterocycles. The highest BCUT2D eigenvalue weighted by atomic mass is 16.5. The number of pyridine rings is 1. The summed E-state index contributed by atoms with van der Waals surface area (Å²) in [5.41, 5.74) is 0.816. The second-order valence-corrected chi connectivity index (χ2v) is 3.39. The van der Waals surface area contributed by atoms with E-state index in [1.165, 1.54) is 0 Å². The van der Waals surface area contributed by atoms with E-state index in [4.69, 9.17) is 9.84 Å². The van der Waals surface area contributed by atoms with Gasteiger partial charge in [-0.2, -0.15) is 0 Å². The molecule has 14 heavy (non-hydrogen) atoms. The maximum absolute atomic E-state index is 10.6. The Bertz CT molecular complexity index is 364. The third-order valence-electron chi connectivity index (χ3n) is 2.44. The lowest BCUT2D eigenvalue weighted by Gasteiger charge is -2.01. The Balaban J connectivity index is 2.15. The monoisotopic (exact) mass is 193 g/mol. The van der Waals surface area contributed by atoms with E-state index in [9.17, 15) is 4.79 Å². The molecule has 74 valence electrons. The fourth-order valence-electron chi connectivity index (χ4n) is 1.55. The van der Waals surface area contributed by atoms with Crippen LogP contribution in [-0.2, 0) is 4.79 Å². The van der Waals surface area contributed by atoms with Gasteiger partial charge < -0.3 is 9.84 Å². The van der Waals surface area contributed by atoms with Gasteiger partial charge in [-0.25, -0.2) is 4.98 Å². The molecule has 2 rings (SSSR count). The first-order valence-corrected chi connectivity index (χ1v) is 4.46. The minimum Gasteiger partial charge on any atom is -0.481 e. The molecule has 0 radical (unpaired) electrons. The van der Waals surface area contributed by atoms with E-state index in [1.54, 1.807) is 13.2 Å². The number of hydrogen-bond donors (Lipinski definition) is 1. The van der Waals surface area contributed by atoms with E-state index in [-0.39, 0.29) is 11.8 Å². The van der Waals surface area contributed by atoms with Gasteiger partial charge >= 0.3 is 5.97 Å². The molecule has 1 aliphatic carbocycles. The molecule has 4 nitrogen and oxygen atoms in total. The van der Waals surface area contributed by atoms with Gasteiger partial charge in [-0.05, 0) is 12.5 Å². The summed E-state index contributed by atoms with van der Waals surface area (Å²) in [6.07, 6.45) is 0.690. The molecule has 0 aliphatic heterocycles. The lowest BCUT2D eigenvalue weighted by Crippen LogP contribution is -2.00. The van der Waals surface area contributed by atoms with Gasteiger partial charge in [-0.1, -0.05) is 6.07 Å². The van der Waals surface area contributed by atoms with E-state index < -0.39 is 5.97 Å². The maximum Gasteiger partial charge on any atom is 0.307 e. The molecule has 2 unspecified atom stereocenters. The summed E-state index contributed by atoms with van der Waals surface area (Å²) < 4.78 is 4.97. The zero-order chi connectivity index (χ0) is 10.1. The first kappa shape index (κ1) is 8.99. The number of aliphatic carboxylic acids is 1. The molecule has 1 aromatic heterocycles. The molecule has 1 heterocycles. The van der Waals surface area contributed by atoms with E-state index >= 15 is 0 Å². The van der Waals surface area contributed by atoms with Gasteiger partial charge in [-0.3, -0.25) is 4.79 Å². The van der Waals surface area contributed by atoms with Crippen LogP contribution in [0, 0.1) is 5.92 Å². The molecule has 4 heteroatoms. The minimum atomic E-state index is -0.736. The average molecular weight is 193 g/mol. The van der Waals surface area contributed by atoms with Gasteiger partial charge in [0.1, 0.15) is 0 Å². The lowest BCUT2D eigenvalue weighted by molar-refractivity contribution is -0.138. The predicted octanol–water partition coefficient (Wildman–Crippen LogP) is 1.28. The summed E-state index contributed by atoms with van der Waals surface area (Å²) in [4.78, 5) is 14.8. The van der Waals surface area contributed by atoms with Crippen molar-refractivity contribution in [3.05, 3.63) is 23.9 Å². The number of carboxylic acid groups (broad SMARTS) is 1. The molecule has 1 aliphatic rings. The number of carboxylic acids is 1. The topological polar surface area (TPSA) is 59.4 Å². The van der Waals surface area contributed by atoms with Crippen molar-refractivity contribution in [1.29, 1.82) is 0 Å². The molecule has 1 N–H and O–H groups in total. The Morgan fingerprint density at radius 3 is 3.00 bits per heavy atom. The zero-order valence-electron chi connectivity index (χ0n) is 7.80. The van der Waals surface area contributed by atoms with Crippen molar-refractivity contribution in [2.45, 2.75) is 12.3 Å². The average Bonchev–Trinajstić information content (AvgIpc) is 2.97. The van der Waals surface area contributed by atoms with E-state index in [0.29, 0.717) is 12.3 Å². The lowest BCUT2D eigenvalue weighted by atomic mass is 10.2. The van der Waals surface area contributed by atoms with Crippen molar-refractivity contribution >= 4 is 5.97 Å². The van der Waals surface area contributed by atoms with Crippen LogP contribution >= 0.6 is 0 Å². The van der Waals surface area contributed by atoms with Crippen molar-refractivity contribution in [2.75, 3.05) is 7.11 Å². The summed E-state index contributed by atoms with van der Waals surface area (Å²) in [6.45, 7) is 0. The summed E-state index contributed by atoms with van der Waals surface area (Å²) in [6, 6.07) is 5.43. The van der Waals surface area contributed by atoms with Crippen LogP contribution in [0.4, 0.5) is 0 Å². The molecule has 0 spiro atoms. The highest BCUT2D eigenvalue weighted by Crippen LogP contribution is 2.46. The largest absolute Gasteiger partial charge is 0.481 e. The summed E-state index contributed by atoms with van der Waals surface area (Å²) >= 11 is 0. The van der Waals surface area contributed by atoms with E-state index in [2.05, 4.69) is 4.98 Å². The molecular formula is C10H11NO3. The first-order chi connectivity index (χ1) is 6.72. The fourth-order valence-corrected chi connectivity index (χ4v) is 1.55. The number of rotatable bonds is 3. The van der Waals surface area contributed by atoms with Crippen molar-refractivity contribution in [3.63, 3.8) is 0 Å². The maximum atomic E-state index is 10.6. The molecule has 0 aromatic carbocycles. The van der Waals surface area contributed by atoms with Gasteiger partial charge in [0.2, 0.25) is 5.88 Å². The number of aromatic nitrogens is 1. The highest BCUT2D eigenvalue weighted by molar-refractivity contribution is 5.75. The predicted molar refractivity (Wildman–Crippen MR) is 49.3 cm³/mol. The zero-order valence-corrected chi connectivity index (χ0v) is 7.80. The Labute approximate surface area is 81.5 Å². The molecule has 0 amide bonds. The van der Waals surface area contributed by atoms with Crippen LogP contribution in [0.15, 0.2) is 18.2 Å². The highest BCUT2D eigenvalue weighted by Gasteiger charge is 2.45. The minimum absolute atomic E-state index is 0.0719. The van der Waals surface area contributed by atoms with Gasteiger partial charge in [0.15, 0.2) is 0 Å². The van der Waals surface area contributed by atoms with Crippen molar-refractivity contribution in [2.24, 2.45) is 5.92 Å². The van der Waals surface area contributed by atoms with E-state index in [1.807, 2.05) is 12.1 Å². The van der Waals surface area contributed by atoms with Crippen LogP contribution in [0.3, 0.4) is 0 Å². The van der Waals surface area contributed by atoms with Crippen molar-refractivity contribution < 1.29 is 14.6 Å². The number of hydrogen-bond acceptors (Lipinski definition) is 3. The number of methoxy groups -OCH3 is 1. The number of ether oxygens (including phenoxy) is 1. The summed E-state index contributed by atoms with van der Waals surface area (Å²) in [5.74, 6) is -0.379. The van der Waals surface area contributed by atoms with E-state index in [0.717, 1.165) is 5.69 Å². The van der Waals surface area contributed by atoms with Gasteiger partial charge in [0.05, 0.1) is 13.0 Å². The third kappa shape index (κ3) is 1.55. The standard InChI is InChI=1S/C10H11NO3/c1-14-9-4-2-3-8(11-9)6-5-7(6)10(12)13/h2-4,6-7H,5H2,1H3,(H,12,13). The molecule has 2 atom stereocenters. The Kier molecular flexibility index (Phi) is 2.11. The van der Waals surface area contributed by atoms with Crippen LogP contribution < -0.4 is 4.74 Å². The normalized spacial score (nSPS) is 24.4. The smallest absolute Gasteiger partial charge is 0.307 e. The Morgan fingerprint density at radius 1 is 1.64 bits per heavy atom. The summed E-state index contributed by atoms with van der Waals surface area (Å²) in [7, 11) is 1.55. The second kappa shape index (κ2) is 3.29. The SMILES string of the molecule is COc1cccc(C2CC2C(=O)O)n1. The molecule has 1 fully saturated rings. The number of carbonyl (C=O) groups is 1. The Morgan fingerprint density at radius 2 is 2.43 bits per heavy atom. The van der Waals surface area contributed by atoms with Crippen LogP contribution in [0.5, 0.6) is 5.88 Å². The van der Waals surface area contributed by atoms with Crippen molar-refractivity contribution in [3.8, 4) is 5.88 Å². The summed E-state index contributed by atoms with van der Waals surface area (Å²) in [5, 5.41) is 8.75. The van der Waals surface area contributed by atoms with Crippen LogP contribution in [0.25, 0.3) is 0 Å². The molecule has 0 bridgehead atoms. The second-order valence-electron chi connectivity index (χ2n) is 3.39. The molecule has 1 aromatic rings. The fraction of sp³-hybridized carbons (Fsp3) is 0.400. The van der Waals surface area contributed by atoms with Crippen LogP contribution in [-0.4, -0.2) is 23.2 Å². The number of nitrogens with zero attached hydrogens (tertiary/aromatic N) is 1.